The summed E-state index contributed by atoms with van der Waals surface area (Å²) in [5.74, 6) is 0.297. The molecule has 2 heterocycles. The first-order chi connectivity index (χ1) is 10.6. The summed E-state index contributed by atoms with van der Waals surface area (Å²) in [4.78, 5) is 12.0. The predicted molar refractivity (Wildman–Crippen MR) is 87.2 cm³/mol. The molecule has 1 aliphatic heterocycles. The van der Waals surface area contributed by atoms with E-state index in [1.165, 1.54) is 12.1 Å². The van der Waals surface area contributed by atoms with Crippen LogP contribution in [-0.4, -0.2) is 31.7 Å². The molecule has 0 radical (unpaired) electrons. The minimum Gasteiger partial charge on any atom is -0.459 e. The van der Waals surface area contributed by atoms with Crippen LogP contribution in [0.4, 0.5) is 4.39 Å². The standard InChI is InChI=1S/C16H19FN2O3.ClH/c1-10-13-6-11(17)2-3-14(13)22-15(10)8-19-16(20)7-12-9-21-5-4-18-12;/h2-3,6,12,18H,4-5,7-9H2,1H3,(H,19,20);1H. The highest BCUT2D eigenvalue weighted by Crippen LogP contribution is 2.25. The molecule has 7 heteroatoms. The van der Waals surface area contributed by atoms with Gasteiger partial charge in [-0.25, -0.2) is 4.39 Å². The number of carbonyl (C=O) groups excluding carboxylic acids is 1. The van der Waals surface area contributed by atoms with Crippen molar-refractivity contribution in [3.8, 4) is 0 Å². The van der Waals surface area contributed by atoms with Crippen molar-refractivity contribution in [2.45, 2.75) is 25.9 Å². The Bertz CT molecular complexity index is 683. The monoisotopic (exact) mass is 342 g/mol. The van der Waals surface area contributed by atoms with Crippen LogP contribution in [0.15, 0.2) is 22.6 Å². The zero-order valence-electron chi connectivity index (χ0n) is 12.9. The lowest BCUT2D eigenvalue weighted by Gasteiger charge is -2.23. The molecule has 1 saturated heterocycles. The van der Waals surface area contributed by atoms with Gasteiger partial charge in [-0.2, -0.15) is 0 Å². The van der Waals surface area contributed by atoms with E-state index >= 15 is 0 Å². The van der Waals surface area contributed by atoms with Crippen LogP contribution < -0.4 is 10.6 Å². The minimum absolute atomic E-state index is 0. The average Bonchev–Trinajstić information content (AvgIpc) is 2.82. The highest BCUT2D eigenvalue weighted by atomic mass is 35.5. The number of fused-ring (bicyclic) bond motifs is 1. The number of ether oxygens (including phenoxy) is 1. The summed E-state index contributed by atoms with van der Waals surface area (Å²) < 4.78 is 24.3. The van der Waals surface area contributed by atoms with Gasteiger partial charge in [-0.05, 0) is 25.1 Å². The summed E-state index contributed by atoms with van der Waals surface area (Å²) in [6.45, 7) is 4.17. The van der Waals surface area contributed by atoms with Gasteiger partial charge in [0.15, 0.2) is 0 Å². The fraction of sp³-hybridized carbons (Fsp3) is 0.438. The summed E-state index contributed by atoms with van der Waals surface area (Å²) in [7, 11) is 0. The maximum Gasteiger partial charge on any atom is 0.222 e. The highest BCUT2D eigenvalue weighted by Gasteiger charge is 2.17. The lowest BCUT2D eigenvalue weighted by Crippen LogP contribution is -2.44. The number of amides is 1. The molecule has 3 rings (SSSR count). The molecule has 1 aromatic heterocycles. The average molecular weight is 343 g/mol. The highest BCUT2D eigenvalue weighted by molar-refractivity contribution is 5.85. The van der Waals surface area contributed by atoms with Gasteiger partial charge in [-0.1, -0.05) is 0 Å². The van der Waals surface area contributed by atoms with E-state index in [9.17, 15) is 9.18 Å². The molecule has 1 fully saturated rings. The Labute approximate surface area is 140 Å². The number of halogens is 2. The van der Waals surface area contributed by atoms with Crippen molar-refractivity contribution in [3.05, 3.63) is 35.3 Å². The first-order valence-corrected chi connectivity index (χ1v) is 7.39. The molecule has 1 aromatic carbocycles. The van der Waals surface area contributed by atoms with Crippen molar-refractivity contribution in [2.75, 3.05) is 19.8 Å². The van der Waals surface area contributed by atoms with E-state index in [-0.39, 0.29) is 30.2 Å². The molecule has 1 atom stereocenters. The molecule has 2 N–H and O–H groups in total. The van der Waals surface area contributed by atoms with Crippen molar-refractivity contribution in [1.82, 2.24) is 10.6 Å². The van der Waals surface area contributed by atoms with Crippen LogP contribution in [-0.2, 0) is 16.1 Å². The third-order valence-electron chi connectivity index (χ3n) is 3.87. The van der Waals surface area contributed by atoms with E-state index in [4.69, 9.17) is 9.15 Å². The lowest BCUT2D eigenvalue weighted by atomic mass is 10.1. The molecule has 2 aromatic rings. The summed E-state index contributed by atoms with van der Waals surface area (Å²) in [5.41, 5.74) is 1.49. The number of hydrogen-bond donors (Lipinski definition) is 2. The van der Waals surface area contributed by atoms with E-state index in [0.717, 1.165) is 17.5 Å². The SMILES string of the molecule is Cc1c(CNC(=O)CC2COCCN2)oc2ccc(F)cc12.Cl. The summed E-state index contributed by atoms with van der Waals surface area (Å²) in [5, 5.41) is 6.82. The fourth-order valence-electron chi connectivity index (χ4n) is 2.64. The largest absolute Gasteiger partial charge is 0.459 e. The zero-order chi connectivity index (χ0) is 15.5. The second-order valence-corrected chi connectivity index (χ2v) is 5.50. The summed E-state index contributed by atoms with van der Waals surface area (Å²) >= 11 is 0. The molecule has 5 nitrogen and oxygen atoms in total. The Morgan fingerprint density at radius 3 is 3.04 bits per heavy atom. The number of nitrogens with one attached hydrogen (secondary N) is 2. The van der Waals surface area contributed by atoms with Gasteiger partial charge in [0, 0.05) is 30.0 Å². The van der Waals surface area contributed by atoms with E-state index < -0.39 is 0 Å². The molecule has 0 saturated carbocycles. The minimum atomic E-state index is -0.296. The molecule has 1 aliphatic rings. The third-order valence-corrected chi connectivity index (χ3v) is 3.87. The normalized spacial score (nSPS) is 17.7. The topological polar surface area (TPSA) is 63.5 Å². The maximum absolute atomic E-state index is 13.3. The Morgan fingerprint density at radius 1 is 1.48 bits per heavy atom. The van der Waals surface area contributed by atoms with Crippen molar-refractivity contribution < 1.29 is 18.3 Å². The van der Waals surface area contributed by atoms with Crippen LogP contribution in [0.25, 0.3) is 11.0 Å². The van der Waals surface area contributed by atoms with Crippen molar-refractivity contribution in [3.63, 3.8) is 0 Å². The second-order valence-electron chi connectivity index (χ2n) is 5.50. The van der Waals surface area contributed by atoms with Crippen LogP contribution >= 0.6 is 12.4 Å². The Hall–Kier alpha value is -1.63. The van der Waals surface area contributed by atoms with Gasteiger partial charge in [0.25, 0.3) is 0 Å². The molecule has 1 amide bonds. The van der Waals surface area contributed by atoms with Crippen molar-refractivity contribution in [1.29, 1.82) is 0 Å². The van der Waals surface area contributed by atoms with Gasteiger partial charge >= 0.3 is 0 Å². The Balaban J connectivity index is 0.00000192. The van der Waals surface area contributed by atoms with Gasteiger partial charge in [-0.3, -0.25) is 4.79 Å². The van der Waals surface area contributed by atoms with Gasteiger partial charge in [0.05, 0.1) is 19.8 Å². The zero-order valence-corrected chi connectivity index (χ0v) is 13.7. The van der Waals surface area contributed by atoms with Crippen LogP contribution in [0, 0.1) is 12.7 Å². The van der Waals surface area contributed by atoms with Crippen LogP contribution in [0.1, 0.15) is 17.7 Å². The van der Waals surface area contributed by atoms with Gasteiger partial charge < -0.3 is 19.8 Å². The summed E-state index contributed by atoms with van der Waals surface area (Å²) in [6.07, 6.45) is 0.369. The van der Waals surface area contributed by atoms with Gasteiger partial charge in [0.2, 0.25) is 5.91 Å². The fourth-order valence-corrected chi connectivity index (χ4v) is 2.64. The number of furan rings is 1. The number of rotatable bonds is 4. The van der Waals surface area contributed by atoms with Gasteiger partial charge in [0.1, 0.15) is 17.2 Å². The molecule has 1 unspecified atom stereocenters. The number of benzene rings is 1. The van der Waals surface area contributed by atoms with Crippen LogP contribution in [0.3, 0.4) is 0 Å². The molecule has 0 aliphatic carbocycles. The van der Waals surface area contributed by atoms with E-state index in [1.54, 1.807) is 6.07 Å². The van der Waals surface area contributed by atoms with E-state index in [0.29, 0.717) is 37.5 Å². The van der Waals surface area contributed by atoms with Gasteiger partial charge in [-0.15, -0.1) is 12.4 Å². The predicted octanol–water partition coefficient (Wildman–Crippen LogP) is 2.30. The number of hydrogen-bond acceptors (Lipinski definition) is 4. The smallest absolute Gasteiger partial charge is 0.222 e. The van der Waals surface area contributed by atoms with E-state index in [1.807, 2.05) is 6.92 Å². The number of carbonyl (C=O) groups is 1. The molecular formula is C16H20ClFN2O3. The molecule has 0 bridgehead atoms. The van der Waals surface area contributed by atoms with Crippen LogP contribution in [0.2, 0.25) is 0 Å². The van der Waals surface area contributed by atoms with Crippen LogP contribution in [0.5, 0.6) is 0 Å². The Morgan fingerprint density at radius 2 is 2.30 bits per heavy atom. The van der Waals surface area contributed by atoms with E-state index in [2.05, 4.69) is 10.6 Å². The lowest BCUT2D eigenvalue weighted by molar-refractivity contribution is -0.122. The van der Waals surface area contributed by atoms with Crippen molar-refractivity contribution in [2.24, 2.45) is 0 Å². The summed E-state index contributed by atoms with van der Waals surface area (Å²) in [6, 6.07) is 4.47. The number of morpholine rings is 1. The quantitative estimate of drug-likeness (QED) is 0.895. The number of aryl methyl sites for hydroxylation is 1. The first-order valence-electron chi connectivity index (χ1n) is 7.39. The maximum atomic E-state index is 13.3. The molecular weight excluding hydrogens is 323 g/mol. The molecule has 23 heavy (non-hydrogen) atoms. The molecule has 0 spiro atoms. The first kappa shape index (κ1) is 17.7. The molecule has 126 valence electrons. The Kier molecular flexibility index (Phi) is 5.98. The van der Waals surface area contributed by atoms with Crippen molar-refractivity contribution >= 4 is 29.3 Å². The second kappa shape index (κ2) is 7.77. The third kappa shape index (κ3) is 4.22.